The summed E-state index contributed by atoms with van der Waals surface area (Å²) in [7, 11) is 0. The van der Waals surface area contributed by atoms with Crippen LogP contribution in [0.25, 0.3) is 10.9 Å². The molecule has 0 radical (unpaired) electrons. The third-order valence-electron chi connectivity index (χ3n) is 3.00. The molecule has 4 heteroatoms. The van der Waals surface area contributed by atoms with E-state index in [4.69, 9.17) is 0 Å². The highest BCUT2D eigenvalue weighted by molar-refractivity contribution is 5.88. The average molecular weight is 215 g/mol. The van der Waals surface area contributed by atoms with E-state index in [2.05, 4.69) is 15.3 Å². The van der Waals surface area contributed by atoms with Gasteiger partial charge in [0.15, 0.2) is 0 Å². The number of hydrogen-bond donors (Lipinski definition) is 2. The highest BCUT2D eigenvalue weighted by Crippen LogP contribution is 2.26. The fourth-order valence-electron chi connectivity index (χ4n) is 2.02. The molecule has 3 rings (SSSR count). The Morgan fingerprint density at radius 2 is 2.00 bits per heavy atom. The Balaban J connectivity index is 1.91. The van der Waals surface area contributed by atoms with Gasteiger partial charge in [-0.3, -0.25) is 0 Å². The first-order valence-corrected chi connectivity index (χ1v) is 5.47. The van der Waals surface area contributed by atoms with E-state index < -0.39 is 0 Å². The summed E-state index contributed by atoms with van der Waals surface area (Å²) >= 11 is 0. The van der Waals surface area contributed by atoms with Gasteiger partial charge in [0.2, 0.25) is 0 Å². The molecule has 1 aliphatic rings. The number of aromatic nitrogens is 2. The first-order valence-electron chi connectivity index (χ1n) is 5.47. The van der Waals surface area contributed by atoms with Crippen molar-refractivity contribution in [3.8, 4) is 0 Å². The van der Waals surface area contributed by atoms with Crippen molar-refractivity contribution >= 4 is 16.7 Å². The molecule has 4 nitrogen and oxygen atoms in total. The number of aliphatic hydroxyl groups is 1. The first-order chi connectivity index (χ1) is 7.83. The standard InChI is InChI=1S/C12H13N3O/c16-9-5-8(6-9)15-12-10-3-1-2-4-11(10)13-7-14-12/h1-4,7-9,16H,5-6H2,(H,13,14,15). The molecule has 0 aliphatic heterocycles. The molecule has 0 amide bonds. The largest absolute Gasteiger partial charge is 0.393 e. The molecule has 1 aromatic heterocycles. The van der Waals surface area contributed by atoms with Crippen LogP contribution in [-0.4, -0.2) is 27.2 Å². The van der Waals surface area contributed by atoms with Gasteiger partial charge in [0.25, 0.3) is 0 Å². The highest BCUT2D eigenvalue weighted by Gasteiger charge is 2.27. The van der Waals surface area contributed by atoms with E-state index in [1.54, 1.807) is 6.33 Å². The van der Waals surface area contributed by atoms with Gasteiger partial charge >= 0.3 is 0 Å². The van der Waals surface area contributed by atoms with Crippen molar-refractivity contribution in [2.24, 2.45) is 0 Å². The van der Waals surface area contributed by atoms with E-state index in [1.807, 2.05) is 24.3 Å². The zero-order valence-corrected chi connectivity index (χ0v) is 8.80. The van der Waals surface area contributed by atoms with Crippen LogP contribution in [0.15, 0.2) is 30.6 Å². The third kappa shape index (κ3) is 1.61. The summed E-state index contributed by atoms with van der Waals surface area (Å²) in [5.74, 6) is 0.863. The molecule has 82 valence electrons. The predicted molar refractivity (Wildman–Crippen MR) is 62.2 cm³/mol. The maximum atomic E-state index is 9.24. The quantitative estimate of drug-likeness (QED) is 0.798. The molecule has 16 heavy (non-hydrogen) atoms. The summed E-state index contributed by atoms with van der Waals surface area (Å²) in [6.07, 6.45) is 3.03. The van der Waals surface area contributed by atoms with Gasteiger partial charge in [0.1, 0.15) is 12.1 Å². The second-order valence-corrected chi connectivity index (χ2v) is 4.21. The third-order valence-corrected chi connectivity index (χ3v) is 3.00. The van der Waals surface area contributed by atoms with Gasteiger partial charge in [-0.25, -0.2) is 9.97 Å². The van der Waals surface area contributed by atoms with Crippen molar-refractivity contribution < 1.29 is 5.11 Å². The minimum atomic E-state index is -0.148. The number of nitrogens with zero attached hydrogens (tertiary/aromatic N) is 2. The van der Waals surface area contributed by atoms with Crippen LogP contribution in [0.5, 0.6) is 0 Å². The van der Waals surface area contributed by atoms with Crippen LogP contribution in [0.3, 0.4) is 0 Å². The van der Waals surface area contributed by atoms with Crippen molar-refractivity contribution in [1.82, 2.24) is 9.97 Å². The number of anilines is 1. The van der Waals surface area contributed by atoms with E-state index in [0.717, 1.165) is 29.6 Å². The lowest BCUT2D eigenvalue weighted by atomic mass is 9.89. The van der Waals surface area contributed by atoms with Gasteiger partial charge in [0.05, 0.1) is 11.6 Å². The Labute approximate surface area is 93.4 Å². The maximum Gasteiger partial charge on any atom is 0.137 e. The van der Waals surface area contributed by atoms with Crippen molar-refractivity contribution in [3.63, 3.8) is 0 Å². The molecular formula is C12H13N3O. The Morgan fingerprint density at radius 3 is 2.81 bits per heavy atom. The molecule has 2 aromatic rings. The molecule has 0 unspecified atom stereocenters. The molecule has 1 saturated carbocycles. The molecule has 1 heterocycles. The van der Waals surface area contributed by atoms with Crippen LogP contribution in [0.2, 0.25) is 0 Å². The summed E-state index contributed by atoms with van der Waals surface area (Å²) in [5.41, 5.74) is 0.944. The van der Waals surface area contributed by atoms with Crippen LogP contribution in [0.1, 0.15) is 12.8 Å². The van der Waals surface area contributed by atoms with Crippen LogP contribution >= 0.6 is 0 Å². The zero-order valence-electron chi connectivity index (χ0n) is 8.80. The predicted octanol–water partition coefficient (Wildman–Crippen LogP) is 1.56. The molecule has 2 N–H and O–H groups in total. The molecule has 0 saturated heterocycles. The van der Waals surface area contributed by atoms with Gasteiger partial charge in [-0.15, -0.1) is 0 Å². The first kappa shape index (κ1) is 9.54. The van der Waals surface area contributed by atoms with Gasteiger partial charge in [0, 0.05) is 11.4 Å². The smallest absolute Gasteiger partial charge is 0.137 e. The fraction of sp³-hybridized carbons (Fsp3) is 0.333. The molecule has 0 spiro atoms. The van der Waals surface area contributed by atoms with Crippen molar-refractivity contribution in [2.75, 3.05) is 5.32 Å². The van der Waals surface area contributed by atoms with Crippen molar-refractivity contribution in [1.29, 1.82) is 0 Å². The van der Waals surface area contributed by atoms with E-state index in [9.17, 15) is 5.11 Å². The number of para-hydroxylation sites is 1. The summed E-state index contributed by atoms with van der Waals surface area (Å²) in [6.45, 7) is 0. The monoisotopic (exact) mass is 215 g/mol. The van der Waals surface area contributed by atoms with Gasteiger partial charge in [-0.1, -0.05) is 12.1 Å². The summed E-state index contributed by atoms with van der Waals surface area (Å²) in [4.78, 5) is 8.46. The van der Waals surface area contributed by atoms with Crippen molar-refractivity contribution in [2.45, 2.75) is 25.0 Å². The second-order valence-electron chi connectivity index (χ2n) is 4.21. The Morgan fingerprint density at radius 1 is 1.19 bits per heavy atom. The Hall–Kier alpha value is -1.68. The minimum absolute atomic E-state index is 0.148. The van der Waals surface area contributed by atoms with Crippen LogP contribution in [0, 0.1) is 0 Å². The Kier molecular flexibility index (Phi) is 2.22. The number of nitrogens with one attached hydrogen (secondary N) is 1. The minimum Gasteiger partial charge on any atom is -0.393 e. The van der Waals surface area contributed by atoms with E-state index >= 15 is 0 Å². The molecule has 0 atom stereocenters. The van der Waals surface area contributed by atoms with Crippen LogP contribution in [0.4, 0.5) is 5.82 Å². The lowest BCUT2D eigenvalue weighted by Crippen LogP contribution is -2.39. The topological polar surface area (TPSA) is 58.0 Å². The second kappa shape index (κ2) is 3.72. The normalized spacial score (nSPS) is 24.1. The molecule has 0 bridgehead atoms. The number of hydrogen-bond acceptors (Lipinski definition) is 4. The lowest BCUT2D eigenvalue weighted by molar-refractivity contribution is 0.0836. The SMILES string of the molecule is OC1CC(Nc2ncnc3ccccc23)C1. The van der Waals surface area contributed by atoms with Crippen LogP contribution in [-0.2, 0) is 0 Å². The number of rotatable bonds is 2. The fourth-order valence-corrected chi connectivity index (χ4v) is 2.02. The van der Waals surface area contributed by atoms with Crippen molar-refractivity contribution in [3.05, 3.63) is 30.6 Å². The average Bonchev–Trinajstić information content (AvgIpc) is 2.27. The van der Waals surface area contributed by atoms with E-state index in [1.165, 1.54) is 0 Å². The van der Waals surface area contributed by atoms with Gasteiger partial charge < -0.3 is 10.4 Å². The summed E-state index contributed by atoms with van der Waals surface area (Å²) in [6, 6.07) is 8.26. The van der Waals surface area contributed by atoms with Gasteiger partial charge in [-0.05, 0) is 25.0 Å². The molecule has 1 fully saturated rings. The molecular weight excluding hydrogens is 202 g/mol. The summed E-state index contributed by atoms with van der Waals surface area (Å²) in [5, 5.41) is 13.6. The van der Waals surface area contributed by atoms with E-state index in [-0.39, 0.29) is 6.10 Å². The Bertz CT molecular complexity index is 503. The van der Waals surface area contributed by atoms with Crippen LogP contribution < -0.4 is 5.32 Å². The number of benzene rings is 1. The number of fused-ring (bicyclic) bond motifs is 1. The molecule has 1 aliphatic carbocycles. The maximum absolute atomic E-state index is 9.24. The highest BCUT2D eigenvalue weighted by atomic mass is 16.3. The zero-order chi connectivity index (χ0) is 11.0. The lowest BCUT2D eigenvalue weighted by Gasteiger charge is -2.32. The number of aliphatic hydroxyl groups excluding tert-OH is 1. The van der Waals surface area contributed by atoms with E-state index in [0.29, 0.717) is 6.04 Å². The van der Waals surface area contributed by atoms with Gasteiger partial charge in [-0.2, -0.15) is 0 Å². The summed E-state index contributed by atoms with van der Waals surface area (Å²) < 4.78 is 0. The molecule has 1 aromatic carbocycles.